The van der Waals surface area contributed by atoms with Crippen LogP contribution >= 0.6 is 23.1 Å². The number of benzene rings is 1. The van der Waals surface area contributed by atoms with Crippen molar-refractivity contribution in [3.05, 3.63) is 47.7 Å². The van der Waals surface area contributed by atoms with Gasteiger partial charge in [-0.05, 0) is 36.8 Å². The highest BCUT2D eigenvalue weighted by Gasteiger charge is 2.24. The average molecular weight is 390 g/mol. The summed E-state index contributed by atoms with van der Waals surface area (Å²) in [5, 5.41) is 13.2. The second-order valence-corrected chi connectivity index (χ2v) is 7.71. The molecule has 0 radical (unpaired) electrons. The predicted molar refractivity (Wildman–Crippen MR) is 105 cm³/mol. The maximum Gasteiger partial charge on any atom is 0.279 e. The number of nitrogens with one attached hydrogen (secondary N) is 2. The number of nitrogens with zero attached hydrogens (tertiary/aromatic N) is 2. The van der Waals surface area contributed by atoms with Crippen molar-refractivity contribution in [3.63, 3.8) is 0 Å². The van der Waals surface area contributed by atoms with Gasteiger partial charge >= 0.3 is 0 Å². The first kappa shape index (κ1) is 18.6. The van der Waals surface area contributed by atoms with Gasteiger partial charge in [0, 0.05) is 4.90 Å². The second-order valence-electron chi connectivity index (χ2n) is 5.92. The Kier molecular flexibility index (Phi) is 6.08. The first-order valence-corrected chi connectivity index (χ1v) is 10.3. The molecule has 2 heterocycles. The lowest BCUT2D eigenvalue weighted by Crippen LogP contribution is -3.10. The number of hydrogen-bond acceptors (Lipinski definition) is 6. The van der Waals surface area contributed by atoms with Crippen LogP contribution in [0.5, 0.6) is 0 Å². The van der Waals surface area contributed by atoms with Crippen LogP contribution in [0.2, 0.25) is 0 Å². The van der Waals surface area contributed by atoms with E-state index in [1.807, 2.05) is 62.0 Å². The minimum absolute atomic E-state index is 0.0474. The van der Waals surface area contributed by atoms with Gasteiger partial charge in [0.15, 0.2) is 12.6 Å². The van der Waals surface area contributed by atoms with Gasteiger partial charge in [0.1, 0.15) is 0 Å². The number of likely N-dealkylation sites (N-methyl/N-ethyl adjacent to an activating group) is 1. The Morgan fingerprint density at radius 1 is 1.31 bits per heavy atom. The van der Waals surface area contributed by atoms with Crippen molar-refractivity contribution in [1.29, 1.82) is 0 Å². The van der Waals surface area contributed by atoms with Gasteiger partial charge in [-0.1, -0.05) is 18.2 Å². The summed E-state index contributed by atoms with van der Waals surface area (Å²) in [6, 6.07) is 11.6. The van der Waals surface area contributed by atoms with Crippen molar-refractivity contribution >= 4 is 34.7 Å². The molecule has 8 heteroatoms. The fourth-order valence-electron chi connectivity index (χ4n) is 2.47. The summed E-state index contributed by atoms with van der Waals surface area (Å²) in [5.74, 6) is 1.00. The first-order valence-electron chi connectivity index (χ1n) is 8.21. The topological polar surface area (TPSA) is 72.5 Å². The number of aromatic nitrogens is 2. The van der Waals surface area contributed by atoms with Crippen LogP contribution in [0.25, 0.3) is 10.8 Å². The largest absolute Gasteiger partial charge is 0.414 e. The summed E-state index contributed by atoms with van der Waals surface area (Å²) in [7, 11) is 1.94. The molecule has 1 amide bonds. The number of thiophene rings is 1. The molecular formula is C18H21N4O2S2+. The van der Waals surface area contributed by atoms with E-state index in [0.29, 0.717) is 18.3 Å². The third kappa shape index (κ3) is 4.32. The van der Waals surface area contributed by atoms with Gasteiger partial charge in [-0.15, -0.1) is 33.3 Å². The molecule has 26 heavy (non-hydrogen) atoms. The van der Waals surface area contributed by atoms with Gasteiger partial charge in [-0.2, -0.15) is 0 Å². The molecule has 1 aromatic carbocycles. The van der Waals surface area contributed by atoms with Crippen molar-refractivity contribution in [1.82, 2.24) is 10.2 Å². The van der Waals surface area contributed by atoms with Crippen LogP contribution in [0.1, 0.15) is 18.9 Å². The van der Waals surface area contributed by atoms with Crippen LogP contribution in [0.3, 0.4) is 0 Å². The fraction of sp³-hybridized carbons (Fsp3) is 0.278. The monoisotopic (exact) mass is 389 g/mol. The number of rotatable bonds is 7. The standard InChI is InChI=1S/C18H20N4O2S2/c1-12(17-20-21-18(24-17)15-9-6-10-26-15)22(2)11-16(23)19-13-7-4-5-8-14(13)25-3/h4-10,12H,11H2,1-3H3,(H,19,23)/p+1/t12-/m0/s1. The van der Waals surface area contributed by atoms with Gasteiger partial charge < -0.3 is 14.6 Å². The van der Waals surface area contributed by atoms with E-state index < -0.39 is 0 Å². The molecule has 0 spiro atoms. The molecule has 0 aliphatic rings. The predicted octanol–water partition coefficient (Wildman–Crippen LogP) is 2.73. The van der Waals surface area contributed by atoms with Gasteiger partial charge in [0.2, 0.25) is 0 Å². The third-order valence-electron chi connectivity index (χ3n) is 4.10. The fourth-order valence-corrected chi connectivity index (χ4v) is 3.67. The number of para-hydroxylation sites is 1. The molecule has 136 valence electrons. The zero-order chi connectivity index (χ0) is 18.5. The first-order chi connectivity index (χ1) is 12.6. The van der Waals surface area contributed by atoms with E-state index in [1.165, 1.54) is 0 Å². The molecule has 3 aromatic rings. The average Bonchev–Trinajstić information content (AvgIpc) is 3.32. The number of anilines is 1. The molecule has 0 aliphatic heterocycles. The van der Waals surface area contributed by atoms with E-state index in [4.69, 9.17) is 4.42 Å². The number of carbonyl (C=O) groups is 1. The zero-order valence-electron chi connectivity index (χ0n) is 14.9. The molecule has 0 saturated carbocycles. The van der Waals surface area contributed by atoms with E-state index >= 15 is 0 Å². The van der Waals surface area contributed by atoms with Crippen LogP contribution in [-0.2, 0) is 4.79 Å². The van der Waals surface area contributed by atoms with E-state index in [0.717, 1.165) is 20.4 Å². The molecule has 0 aliphatic carbocycles. The lowest BCUT2D eigenvalue weighted by molar-refractivity contribution is -0.903. The molecular weight excluding hydrogens is 368 g/mol. The van der Waals surface area contributed by atoms with Crippen LogP contribution in [0.15, 0.2) is 51.1 Å². The van der Waals surface area contributed by atoms with Crippen LogP contribution < -0.4 is 10.2 Å². The maximum absolute atomic E-state index is 12.4. The van der Waals surface area contributed by atoms with E-state index in [1.54, 1.807) is 23.1 Å². The molecule has 0 saturated heterocycles. The summed E-state index contributed by atoms with van der Waals surface area (Å²) in [6.07, 6.45) is 1.99. The van der Waals surface area contributed by atoms with E-state index in [-0.39, 0.29) is 11.9 Å². The summed E-state index contributed by atoms with van der Waals surface area (Å²) < 4.78 is 5.78. The number of thioether (sulfide) groups is 1. The van der Waals surface area contributed by atoms with Crippen molar-refractivity contribution in [2.24, 2.45) is 0 Å². The summed E-state index contributed by atoms with van der Waals surface area (Å²) >= 11 is 3.16. The van der Waals surface area contributed by atoms with E-state index in [2.05, 4.69) is 15.5 Å². The van der Waals surface area contributed by atoms with Gasteiger partial charge in [0.25, 0.3) is 17.7 Å². The van der Waals surface area contributed by atoms with Crippen molar-refractivity contribution in [3.8, 4) is 10.8 Å². The zero-order valence-corrected chi connectivity index (χ0v) is 16.5. The SMILES string of the molecule is CSc1ccccc1NC(=O)C[NH+](C)[C@@H](C)c1nnc(-c2cccs2)o1. The van der Waals surface area contributed by atoms with Crippen LogP contribution in [0, 0.1) is 0 Å². The Balaban J connectivity index is 1.62. The minimum Gasteiger partial charge on any atom is -0.414 e. The Labute approximate surface area is 160 Å². The quantitative estimate of drug-likeness (QED) is 0.608. The van der Waals surface area contributed by atoms with Crippen molar-refractivity contribution < 1.29 is 14.1 Å². The number of amides is 1. The lowest BCUT2D eigenvalue weighted by atomic mass is 10.3. The van der Waals surface area contributed by atoms with Gasteiger partial charge in [-0.3, -0.25) is 4.79 Å². The van der Waals surface area contributed by atoms with Crippen molar-refractivity contribution in [2.45, 2.75) is 17.9 Å². The Morgan fingerprint density at radius 3 is 2.85 bits per heavy atom. The highest BCUT2D eigenvalue weighted by atomic mass is 32.2. The number of hydrogen-bond donors (Lipinski definition) is 2. The number of carbonyl (C=O) groups excluding carboxylic acids is 1. The van der Waals surface area contributed by atoms with Gasteiger partial charge in [0.05, 0.1) is 17.6 Å². The Morgan fingerprint density at radius 2 is 2.12 bits per heavy atom. The lowest BCUT2D eigenvalue weighted by Gasteiger charge is -2.18. The smallest absolute Gasteiger partial charge is 0.279 e. The summed E-state index contributed by atoms with van der Waals surface area (Å²) in [5.41, 5.74) is 0.836. The minimum atomic E-state index is -0.0854. The molecule has 0 bridgehead atoms. The third-order valence-corrected chi connectivity index (χ3v) is 5.76. The maximum atomic E-state index is 12.4. The van der Waals surface area contributed by atoms with Gasteiger partial charge in [-0.25, -0.2) is 0 Å². The van der Waals surface area contributed by atoms with E-state index in [9.17, 15) is 4.79 Å². The molecule has 1 unspecified atom stereocenters. The van der Waals surface area contributed by atoms with Crippen LogP contribution in [-0.4, -0.2) is 36.0 Å². The Hall–Kier alpha value is -2.16. The molecule has 6 nitrogen and oxygen atoms in total. The molecule has 2 atom stereocenters. The molecule has 2 aromatic heterocycles. The Bertz CT molecular complexity index is 864. The summed E-state index contributed by atoms with van der Waals surface area (Å²) in [4.78, 5) is 15.4. The van der Waals surface area contributed by atoms with Crippen LogP contribution in [0.4, 0.5) is 5.69 Å². The highest BCUT2D eigenvalue weighted by Crippen LogP contribution is 2.25. The number of quaternary nitrogens is 1. The molecule has 0 fully saturated rings. The molecule has 3 rings (SSSR count). The normalized spacial score (nSPS) is 13.3. The van der Waals surface area contributed by atoms with Crippen molar-refractivity contribution in [2.75, 3.05) is 25.2 Å². The second kappa shape index (κ2) is 8.48. The highest BCUT2D eigenvalue weighted by molar-refractivity contribution is 7.98. The molecule has 2 N–H and O–H groups in total. The summed E-state index contributed by atoms with van der Waals surface area (Å²) in [6.45, 7) is 2.28.